The SMILES string of the molecule is CCc1ccc2oc3c(c(=O)c2c1)C(c1cccc(Br)c1)N(CCCN(C)C)C3=O. The fourth-order valence-electron chi connectivity index (χ4n) is 4.10. The number of hydrogen-bond donors (Lipinski definition) is 0. The maximum Gasteiger partial charge on any atom is 0.290 e. The van der Waals surface area contributed by atoms with E-state index in [1.54, 1.807) is 11.0 Å². The summed E-state index contributed by atoms with van der Waals surface area (Å²) >= 11 is 3.52. The first-order valence-corrected chi connectivity index (χ1v) is 11.0. The van der Waals surface area contributed by atoms with Crippen molar-refractivity contribution in [2.75, 3.05) is 27.2 Å². The van der Waals surface area contributed by atoms with E-state index < -0.39 is 6.04 Å². The van der Waals surface area contributed by atoms with Gasteiger partial charge in [-0.2, -0.15) is 0 Å². The number of benzene rings is 2. The molecule has 0 saturated carbocycles. The molecule has 30 heavy (non-hydrogen) atoms. The second-order valence-electron chi connectivity index (χ2n) is 7.97. The van der Waals surface area contributed by atoms with Crippen molar-refractivity contribution in [3.63, 3.8) is 0 Å². The van der Waals surface area contributed by atoms with Crippen molar-refractivity contribution < 1.29 is 9.21 Å². The summed E-state index contributed by atoms with van der Waals surface area (Å²) in [6.45, 7) is 3.46. The largest absolute Gasteiger partial charge is 0.450 e. The van der Waals surface area contributed by atoms with Crippen LogP contribution in [-0.4, -0.2) is 42.9 Å². The Bertz CT molecular complexity index is 1170. The molecule has 4 rings (SSSR count). The summed E-state index contributed by atoms with van der Waals surface area (Å²) < 4.78 is 6.93. The first-order chi connectivity index (χ1) is 14.4. The summed E-state index contributed by atoms with van der Waals surface area (Å²) in [7, 11) is 4.02. The summed E-state index contributed by atoms with van der Waals surface area (Å²) in [5.41, 5.74) is 2.77. The Labute approximate surface area is 184 Å². The van der Waals surface area contributed by atoms with Gasteiger partial charge >= 0.3 is 0 Å². The zero-order chi connectivity index (χ0) is 21.4. The molecule has 1 unspecified atom stereocenters. The Kier molecular flexibility index (Phi) is 5.80. The van der Waals surface area contributed by atoms with Crippen LogP contribution in [0.25, 0.3) is 11.0 Å². The minimum atomic E-state index is -0.446. The minimum absolute atomic E-state index is 0.116. The van der Waals surface area contributed by atoms with Crippen LogP contribution in [0.2, 0.25) is 0 Å². The van der Waals surface area contributed by atoms with Crippen molar-refractivity contribution in [1.29, 1.82) is 0 Å². The van der Waals surface area contributed by atoms with Crippen molar-refractivity contribution in [3.8, 4) is 0 Å². The van der Waals surface area contributed by atoms with Crippen LogP contribution >= 0.6 is 15.9 Å². The number of carbonyl (C=O) groups is 1. The van der Waals surface area contributed by atoms with E-state index in [1.165, 1.54) is 0 Å². The average molecular weight is 469 g/mol. The lowest BCUT2D eigenvalue weighted by Gasteiger charge is -2.26. The quantitative estimate of drug-likeness (QED) is 0.529. The number of fused-ring (bicyclic) bond motifs is 2. The molecule has 156 valence electrons. The highest BCUT2D eigenvalue weighted by Gasteiger charge is 2.42. The molecule has 0 saturated heterocycles. The van der Waals surface area contributed by atoms with Crippen LogP contribution in [0.1, 0.15) is 46.6 Å². The Morgan fingerprint density at radius 2 is 1.93 bits per heavy atom. The molecule has 1 aromatic heterocycles. The van der Waals surface area contributed by atoms with E-state index in [9.17, 15) is 9.59 Å². The summed E-state index contributed by atoms with van der Waals surface area (Å²) in [6, 6.07) is 13.0. The molecule has 1 amide bonds. The molecule has 0 N–H and O–H groups in total. The van der Waals surface area contributed by atoms with Gasteiger partial charge in [-0.05, 0) is 68.9 Å². The van der Waals surface area contributed by atoms with Crippen molar-refractivity contribution in [2.24, 2.45) is 0 Å². The van der Waals surface area contributed by atoms with Gasteiger partial charge in [0.05, 0.1) is 17.0 Å². The number of hydrogen-bond acceptors (Lipinski definition) is 4. The van der Waals surface area contributed by atoms with E-state index in [0.717, 1.165) is 35.0 Å². The predicted molar refractivity (Wildman–Crippen MR) is 122 cm³/mol. The van der Waals surface area contributed by atoms with E-state index in [4.69, 9.17) is 4.42 Å². The van der Waals surface area contributed by atoms with Gasteiger partial charge in [0.15, 0.2) is 5.43 Å². The highest BCUT2D eigenvalue weighted by molar-refractivity contribution is 9.10. The lowest BCUT2D eigenvalue weighted by atomic mass is 9.98. The van der Waals surface area contributed by atoms with E-state index in [0.29, 0.717) is 23.1 Å². The second kappa shape index (κ2) is 8.36. The third-order valence-corrected chi connectivity index (χ3v) is 6.10. The first kappa shape index (κ1) is 20.8. The molecule has 1 atom stereocenters. The summed E-state index contributed by atoms with van der Waals surface area (Å²) in [5, 5.41) is 0.538. The van der Waals surface area contributed by atoms with Crippen LogP contribution in [0.5, 0.6) is 0 Å². The Balaban J connectivity index is 1.89. The Hall–Kier alpha value is -2.44. The standard InChI is InChI=1S/C24H25BrN2O3/c1-4-15-9-10-19-18(13-15)22(28)20-21(16-7-5-8-17(25)14-16)27(12-6-11-26(2)3)24(29)23(20)30-19/h5,7-10,13-14,21H,4,6,11-12H2,1-3H3. The summed E-state index contributed by atoms with van der Waals surface area (Å²) in [6.07, 6.45) is 1.64. The number of aryl methyl sites for hydroxylation is 1. The molecule has 1 aliphatic heterocycles. The van der Waals surface area contributed by atoms with Crippen LogP contribution in [0, 0.1) is 0 Å². The molecule has 5 nitrogen and oxygen atoms in total. The number of rotatable bonds is 6. The second-order valence-corrected chi connectivity index (χ2v) is 8.89. The molecule has 1 aliphatic rings. The molecule has 2 heterocycles. The Morgan fingerprint density at radius 1 is 1.13 bits per heavy atom. The molecule has 2 aromatic carbocycles. The lowest BCUT2D eigenvalue weighted by Crippen LogP contribution is -2.32. The zero-order valence-corrected chi connectivity index (χ0v) is 19.0. The third-order valence-electron chi connectivity index (χ3n) is 5.61. The molecule has 0 fully saturated rings. The van der Waals surface area contributed by atoms with Gasteiger partial charge in [-0.1, -0.05) is 41.1 Å². The van der Waals surface area contributed by atoms with E-state index in [1.807, 2.05) is 50.5 Å². The number of nitrogens with zero attached hydrogens (tertiary/aromatic N) is 2. The van der Waals surface area contributed by atoms with Gasteiger partial charge in [-0.15, -0.1) is 0 Å². The molecular weight excluding hydrogens is 444 g/mol. The highest BCUT2D eigenvalue weighted by Crippen LogP contribution is 2.38. The maximum atomic E-state index is 13.6. The fraction of sp³-hybridized carbons (Fsp3) is 0.333. The van der Waals surface area contributed by atoms with E-state index >= 15 is 0 Å². The molecule has 0 spiro atoms. The van der Waals surface area contributed by atoms with Gasteiger partial charge in [0.25, 0.3) is 5.91 Å². The van der Waals surface area contributed by atoms with Crippen molar-refractivity contribution in [3.05, 3.63) is 79.6 Å². The minimum Gasteiger partial charge on any atom is -0.450 e. The highest BCUT2D eigenvalue weighted by atomic mass is 79.9. The van der Waals surface area contributed by atoms with Crippen molar-refractivity contribution >= 4 is 32.8 Å². The third kappa shape index (κ3) is 3.70. The zero-order valence-electron chi connectivity index (χ0n) is 17.4. The number of carbonyl (C=O) groups excluding carboxylic acids is 1. The summed E-state index contributed by atoms with van der Waals surface area (Å²) in [4.78, 5) is 30.8. The Morgan fingerprint density at radius 3 is 2.63 bits per heavy atom. The van der Waals surface area contributed by atoms with Crippen molar-refractivity contribution in [2.45, 2.75) is 25.8 Å². The molecule has 3 aromatic rings. The van der Waals surface area contributed by atoms with Crippen LogP contribution in [-0.2, 0) is 6.42 Å². The predicted octanol–water partition coefficient (Wildman–Crippen LogP) is 4.61. The van der Waals surface area contributed by atoms with Gasteiger partial charge in [0.1, 0.15) is 5.58 Å². The molecule has 0 aliphatic carbocycles. The van der Waals surface area contributed by atoms with Crippen molar-refractivity contribution in [1.82, 2.24) is 9.80 Å². The normalized spacial score (nSPS) is 16.0. The molecule has 0 bridgehead atoms. The van der Waals surface area contributed by atoms with Crippen LogP contribution in [0.3, 0.4) is 0 Å². The average Bonchev–Trinajstić information content (AvgIpc) is 3.00. The van der Waals surface area contributed by atoms with E-state index in [2.05, 4.69) is 27.8 Å². The van der Waals surface area contributed by atoms with Gasteiger partial charge in [-0.25, -0.2) is 0 Å². The number of halogens is 1. The summed E-state index contributed by atoms with van der Waals surface area (Å²) in [5.74, 6) is -0.0427. The molecule has 6 heteroatoms. The first-order valence-electron chi connectivity index (χ1n) is 10.2. The van der Waals surface area contributed by atoms with Crippen LogP contribution in [0.15, 0.2) is 56.1 Å². The van der Waals surface area contributed by atoms with E-state index in [-0.39, 0.29) is 17.1 Å². The smallest absolute Gasteiger partial charge is 0.290 e. The van der Waals surface area contributed by atoms with Crippen LogP contribution < -0.4 is 5.43 Å². The van der Waals surface area contributed by atoms with Crippen LogP contribution in [0.4, 0.5) is 0 Å². The molecule has 0 radical (unpaired) electrons. The number of amides is 1. The maximum absolute atomic E-state index is 13.6. The van der Waals surface area contributed by atoms with Gasteiger partial charge in [0.2, 0.25) is 5.76 Å². The van der Waals surface area contributed by atoms with Gasteiger partial charge in [0, 0.05) is 11.0 Å². The monoisotopic (exact) mass is 468 g/mol. The fourth-order valence-corrected chi connectivity index (χ4v) is 4.52. The molecular formula is C24H25BrN2O3. The lowest BCUT2D eigenvalue weighted by molar-refractivity contribution is 0.0722. The topological polar surface area (TPSA) is 53.8 Å². The van der Waals surface area contributed by atoms with Gasteiger partial charge in [-0.3, -0.25) is 9.59 Å². The van der Waals surface area contributed by atoms with Gasteiger partial charge < -0.3 is 14.2 Å².